The van der Waals surface area contributed by atoms with Crippen molar-refractivity contribution in [3.8, 4) is 0 Å². The third-order valence-corrected chi connectivity index (χ3v) is 3.29. The summed E-state index contributed by atoms with van der Waals surface area (Å²) >= 11 is 0. The normalized spacial score (nSPS) is 10.2. The molecule has 0 atom stereocenters. The lowest BCUT2D eigenvalue weighted by Crippen LogP contribution is -2.28. The number of carbonyl (C=O) groups is 2. The molecule has 0 saturated carbocycles. The average molecular weight is 330 g/mol. The molecule has 5 nitrogen and oxygen atoms in total. The van der Waals surface area contributed by atoms with Gasteiger partial charge in [-0.15, -0.1) is 0 Å². The molecule has 24 heavy (non-hydrogen) atoms. The number of rotatable bonds is 7. The summed E-state index contributed by atoms with van der Waals surface area (Å²) < 4.78 is 18.0. The van der Waals surface area contributed by atoms with Crippen LogP contribution in [0.2, 0.25) is 0 Å². The summed E-state index contributed by atoms with van der Waals surface area (Å²) in [4.78, 5) is 23.7. The van der Waals surface area contributed by atoms with Crippen LogP contribution in [0.1, 0.15) is 15.9 Å². The average Bonchev–Trinajstić information content (AvgIpc) is 2.57. The molecule has 0 radical (unpaired) electrons. The Balaban J connectivity index is 1.90. The van der Waals surface area contributed by atoms with Crippen molar-refractivity contribution in [1.29, 1.82) is 0 Å². The summed E-state index contributed by atoms with van der Waals surface area (Å²) in [6, 6.07) is 12.4. The largest absolute Gasteiger partial charge is 0.383 e. The van der Waals surface area contributed by atoms with Gasteiger partial charge in [0.15, 0.2) is 0 Å². The Hall–Kier alpha value is -2.73. The molecule has 2 rings (SSSR count). The SMILES string of the molecule is COCCNC(=O)Cc1ccc(NC(=O)c2cccc(F)c2)cc1. The number of anilines is 1. The van der Waals surface area contributed by atoms with Crippen LogP contribution in [0, 0.1) is 5.82 Å². The van der Waals surface area contributed by atoms with Crippen molar-refractivity contribution in [2.45, 2.75) is 6.42 Å². The summed E-state index contributed by atoms with van der Waals surface area (Å²) in [5, 5.41) is 5.42. The number of carbonyl (C=O) groups excluding carboxylic acids is 2. The van der Waals surface area contributed by atoms with E-state index >= 15 is 0 Å². The van der Waals surface area contributed by atoms with E-state index in [-0.39, 0.29) is 23.8 Å². The Kier molecular flexibility index (Phi) is 6.45. The molecule has 2 aromatic carbocycles. The van der Waals surface area contributed by atoms with Crippen molar-refractivity contribution in [2.75, 3.05) is 25.6 Å². The van der Waals surface area contributed by atoms with Crippen LogP contribution in [0.3, 0.4) is 0 Å². The van der Waals surface area contributed by atoms with Gasteiger partial charge in [-0.3, -0.25) is 9.59 Å². The topological polar surface area (TPSA) is 67.4 Å². The smallest absolute Gasteiger partial charge is 0.255 e. The molecule has 0 heterocycles. The lowest BCUT2D eigenvalue weighted by Gasteiger charge is -2.07. The maximum Gasteiger partial charge on any atom is 0.255 e. The van der Waals surface area contributed by atoms with E-state index in [1.807, 2.05) is 0 Å². The van der Waals surface area contributed by atoms with Crippen LogP contribution in [-0.4, -0.2) is 32.1 Å². The fourth-order valence-corrected chi connectivity index (χ4v) is 2.08. The third kappa shape index (κ3) is 5.48. The Morgan fingerprint density at radius 1 is 1.12 bits per heavy atom. The monoisotopic (exact) mass is 330 g/mol. The number of amides is 2. The summed E-state index contributed by atoms with van der Waals surface area (Å²) in [6.45, 7) is 0.938. The molecule has 126 valence electrons. The minimum absolute atomic E-state index is 0.0939. The molecule has 2 aromatic rings. The molecule has 0 fully saturated rings. The van der Waals surface area contributed by atoms with Crippen LogP contribution in [-0.2, 0) is 16.0 Å². The Morgan fingerprint density at radius 3 is 2.54 bits per heavy atom. The van der Waals surface area contributed by atoms with Gasteiger partial charge in [0.2, 0.25) is 5.91 Å². The lowest BCUT2D eigenvalue weighted by atomic mass is 10.1. The van der Waals surface area contributed by atoms with Gasteiger partial charge in [-0.1, -0.05) is 18.2 Å². The van der Waals surface area contributed by atoms with Gasteiger partial charge in [-0.05, 0) is 35.9 Å². The van der Waals surface area contributed by atoms with Crippen molar-refractivity contribution in [3.05, 3.63) is 65.5 Å². The van der Waals surface area contributed by atoms with E-state index in [9.17, 15) is 14.0 Å². The Labute approximate surface area is 139 Å². The van der Waals surface area contributed by atoms with Gasteiger partial charge in [0.25, 0.3) is 5.91 Å². The molecule has 0 aliphatic rings. The maximum atomic E-state index is 13.1. The highest BCUT2D eigenvalue weighted by atomic mass is 19.1. The molecular weight excluding hydrogens is 311 g/mol. The van der Waals surface area contributed by atoms with Gasteiger partial charge < -0.3 is 15.4 Å². The first-order valence-corrected chi connectivity index (χ1v) is 7.50. The van der Waals surface area contributed by atoms with Gasteiger partial charge in [0.1, 0.15) is 5.82 Å². The Morgan fingerprint density at radius 2 is 1.88 bits per heavy atom. The number of nitrogens with one attached hydrogen (secondary N) is 2. The molecule has 0 unspecified atom stereocenters. The number of halogens is 1. The third-order valence-electron chi connectivity index (χ3n) is 3.29. The van der Waals surface area contributed by atoms with E-state index < -0.39 is 5.82 Å². The predicted octanol–water partition coefficient (Wildman–Crippen LogP) is 2.38. The molecule has 2 amide bonds. The van der Waals surface area contributed by atoms with Crippen LogP contribution in [0.5, 0.6) is 0 Å². The highest BCUT2D eigenvalue weighted by Gasteiger charge is 2.07. The minimum atomic E-state index is -0.461. The molecule has 0 aromatic heterocycles. The lowest BCUT2D eigenvalue weighted by molar-refractivity contribution is -0.120. The minimum Gasteiger partial charge on any atom is -0.383 e. The zero-order valence-corrected chi connectivity index (χ0v) is 13.3. The predicted molar refractivity (Wildman–Crippen MR) is 89.4 cm³/mol. The summed E-state index contributed by atoms with van der Waals surface area (Å²) in [5.41, 5.74) is 1.65. The number of ether oxygens (including phenoxy) is 1. The zero-order chi connectivity index (χ0) is 17.4. The second-order valence-corrected chi connectivity index (χ2v) is 5.18. The van der Waals surface area contributed by atoms with Crippen LogP contribution in [0.15, 0.2) is 48.5 Å². The van der Waals surface area contributed by atoms with E-state index in [0.29, 0.717) is 18.8 Å². The van der Waals surface area contributed by atoms with Crippen LogP contribution in [0.25, 0.3) is 0 Å². The number of methoxy groups -OCH3 is 1. The van der Waals surface area contributed by atoms with Crippen molar-refractivity contribution in [2.24, 2.45) is 0 Å². The highest BCUT2D eigenvalue weighted by Crippen LogP contribution is 2.12. The number of hydrogen-bond donors (Lipinski definition) is 2. The molecule has 0 spiro atoms. The van der Waals surface area contributed by atoms with Crippen molar-refractivity contribution >= 4 is 17.5 Å². The van der Waals surface area contributed by atoms with Crippen molar-refractivity contribution in [1.82, 2.24) is 5.32 Å². The fourth-order valence-electron chi connectivity index (χ4n) is 2.08. The highest BCUT2D eigenvalue weighted by molar-refractivity contribution is 6.04. The van der Waals surface area contributed by atoms with Crippen molar-refractivity contribution < 1.29 is 18.7 Å². The quantitative estimate of drug-likeness (QED) is 0.766. The second kappa shape index (κ2) is 8.79. The molecular formula is C18H19FN2O3. The van der Waals surface area contributed by atoms with E-state index in [0.717, 1.165) is 5.56 Å². The molecule has 2 N–H and O–H groups in total. The maximum absolute atomic E-state index is 13.1. The molecule has 0 aliphatic heterocycles. The van der Waals surface area contributed by atoms with Gasteiger partial charge in [-0.2, -0.15) is 0 Å². The van der Waals surface area contributed by atoms with E-state index in [4.69, 9.17) is 4.74 Å². The van der Waals surface area contributed by atoms with Crippen molar-refractivity contribution in [3.63, 3.8) is 0 Å². The number of benzene rings is 2. The molecule has 0 saturated heterocycles. The van der Waals surface area contributed by atoms with Crippen LogP contribution in [0.4, 0.5) is 10.1 Å². The van der Waals surface area contributed by atoms with Gasteiger partial charge in [-0.25, -0.2) is 4.39 Å². The first-order chi connectivity index (χ1) is 11.6. The summed E-state index contributed by atoms with van der Waals surface area (Å²) in [6.07, 6.45) is 0.252. The van der Waals surface area contributed by atoms with E-state index in [2.05, 4.69) is 10.6 Å². The van der Waals surface area contributed by atoms with Crippen LogP contribution < -0.4 is 10.6 Å². The van der Waals surface area contributed by atoms with E-state index in [1.54, 1.807) is 31.4 Å². The van der Waals surface area contributed by atoms with E-state index in [1.165, 1.54) is 24.3 Å². The fraction of sp³-hybridized carbons (Fsp3) is 0.222. The zero-order valence-electron chi connectivity index (χ0n) is 13.3. The van der Waals surface area contributed by atoms with Gasteiger partial charge in [0, 0.05) is 24.9 Å². The van der Waals surface area contributed by atoms with Gasteiger partial charge in [0.05, 0.1) is 13.0 Å². The standard InChI is InChI=1S/C18H19FN2O3/c1-24-10-9-20-17(22)11-13-5-7-16(8-6-13)21-18(23)14-3-2-4-15(19)12-14/h2-8,12H,9-11H2,1H3,(H,20,22)(H,21,23). The Bertz CT molecular complexity index is 702. The first-order valence-electron chi connectivity index (χ1n) is 7.50. The second-order valence-electron chi connectivity index (χ2n) is 5.18. The number of hydrogen-bond acceptors (Lipinski definition) is 3. The van der Waals surface area contributed by atoms with Gasteiger partial charge >= 0.3 is 0 Å². The molecule has 0 aliphatic carbocycles. The summed E-state index contributed by atoms with van der Waals surface area (Å²) in [7, 11) is 1.57. The van der Waals surface area contributed by atoms with Crippen LogP contribution >= 0.6 is 0 Å². The summed E-state index contributed by atoms with van der Waals surface area (Å²) in [5.74, 6) is -0.944. The first kappa shape index (κ1) is 17.6. The molecule has 0 bridgehead atoms. The molecule has 6 heteroatoms.